The van der Waals surface area contributed by atoms with Crippen LogP contribution in [0.4, 0.5) is 5.69 Å². The second-order valence-electron chi connectivity index (χ2n) is 5.28. The minimum Gasteiger partial charge on any atom is -0.340 e. The fourth-order valence-electron chi connectivity index (χ4n) is 2.47. The van der Waals surface area contributed by atoms with Gasteiger partial charge in [-0.25, -0.2) is 0 Å². The number of hydrogen-bond donors (Lipinski definition) is 0. The molecule has 0 unspecified atom stereocenters. The molecule has 0 N–H and O–H groups in total. The molecule has 0 saturated carbocycles. The van der Waals surface area contributed by atoms with Gasteiger partial charge in [-0.3, -0.25) is 9.59 Å². The minimum atomic E-state index is -0.163. The third-order valence-electron chi connectivity index (χ3n) is 3.99. The Morgan fingerprint density at radius 1 is 1.10 bits per heavy atom. The first-order chi connectivity index (χ1) is 10.1. The van der Waals surface area contributed by atoms with E-state index >= 15 is 0 Å². The van der Waals surface area contributed by atoms with E-state index in [0.29, 0.717) is 0 Å². The third kappa shape index (κ3) is 4.04. The van der Waals surface area contributed by atoms with Gasteiger partial charge in [0.1, 0.15) is 6.42 Å². The van der Waals surface area contributed by atoms with Gasteiger partial charge >= 0.3 is 0 Å². The maximum Gasteiger partial charge on any atom is 0.236 e. The van der Waals surface area contributed by atoms with Gasteiger partial charge in [0.15, 0.2) is 0 Å². The van der Waals surface area contributed by atoms with Gasteiger partial charge in [0.05, 0.1) is 0 Å². The van der Waals surface area contributed by atoms with Crippen molar-refractivity contribution in [1.29, 1.82) is 0 Å². The summed E-state index contributed by atoms with van der Waals surface area (Å²) in [6.45, 7) is 6.35. The number of benzene rings is 1. The summed E-state index contributed by atoms with van der Waals surface area (Å²) in [4.78, 5) is 30.0. The van der Waals surface area contributed by atoms with Crippen LogP contribution in [0.25, 0.3) is 0 Å². The lowest BCUT2D eigenvalue weighted by Crippen LogP contribution is -2.49. The Morgan fingerprint density at radius 2 is 1.71 bits per heavy atom. The third-order valence-corrected chi connectivity index (χ3v) is 3.99. The van der Waals surface area contributed by atoms with E-state index in [1.165, 1.54) is 0 Å². The summed E-state index contributed by atoms with van der Waals surface area (Å²) < 4.78 is 0. The zero-order chi connectivity index (χ0) is 15.2. The number of likely N-dealkylation sites (N-methyl/N-ethyl adjacent to an activating group) is 1. The highest BCUT2D eigenvalue weighted by Crippen LogP contribution is 2.13. The van der Waals surface area contributed by atoms with Crippen molar-refractivity contribution < 1.29 is 9.59 Å². The van der Waals surface area contributed by atoms with Crippen LogP contribution in [0.2, 0.25) is 0 Å². The molecule has 1 saturated heterocycles. The molecule has 2 rings (SSSR count). The zero-order valence-electron chi connectivity index (χ0n) is 12.8. The van der Waals surface area contributed by atoms with Gasteiger partial charge in [-0.1, -0.05) is 25.1 Å². The molecule has 1 aromatic carbocycles. The number of anilines is 1. The predicted molar refractivity (Wildman–Crippen MR) is 83.2 cm³/mol. The highest BCUT2D eigenvalue weighted by molar-refractivity contribution is 6.04. The first-order valence-electron chi connectivity index (χ1n) is 7.43. The van der Waals surface area contributed by atoms with Gasteiger partial charge in [0, 0.05) is 38.9 Å². The number of para-hydroxylation sites is 1. The molecule has 114 valence electrons. The highest BCUT2D eigenvalue weighted by Gasteiger charge is 2.23. The molecular weight excluding hydrogens is 266 g/mol. The van der Waals surface area contributed by atoms with Crippen LogP contribution in [0.3, 0.4) is 0 Å². The van der Waals surface area contributed by atoms with Crippen LogP contribution in [0.5, 0.6) is 0 Å². The molecule has 0 spiro atoms. The first-order valence-corrected chi connectivity index (χ1v) is 7.43. The van der Waals surface area contributed by atoms with Crippen molar-refractivity contribution >= 4 is 17.5 Å². The number of carbonyl (C=O) groups is 2. The predicted octanol–water partition coefficient (Wildman–Crippen LogP) is 1.20. The van der Waals surface area contributed by atoms with E-state index in [9.17, 15) is 9.59 Å². The maximum absolute atomic E-state index is 12.2. The Hall–Kier alpha value is -1.88. The molecule has 0 radical (unpaired) electrons. The van der Waals surface area contributed by atoms with Gasteiger partial charge < -0.3 is 14.7 Å². The number of hydrogen-bond acceptors (Lipinski definition) is 3. The van der Waals surface area contributed by atoms with Crippen molar-refractivity contribution in [3.05, 3.63) is 30.3 Å². The molecule has 21 heavy (non-hydrogen) atoms. The van der Waals surface area contributed by atoms with Crippen molar-refractivity contribution in [2.45, 2.75) is 13.3 Å². The minimum absolute atomic E-state index is 0.0580. The molecule has 1 aliphatic rings. The van der Waals surface area contributed by atoms with Gasteiger partial charge in [-0.2, -0.15) is 0 Å². The van der Waals surface area contributed by atoms with Crippen LogP contribution in [0.1, 0.15) is 13.3 Å². The molecule has 5 heteroatoms. The van der Waals surface area contributed by atoms with Crippen LogP contribution in [-0.2, 0) is 9.59 Å². The lowest BCUT2D eigenvalue weighted by Gasteiger charge is -2.34. The Bertz CT molecular complexity index is 482. The molecule has 1 aromatic rings. The quantitative estimate of drug-likeness (QED) is 0.783. The summed E-state index contributed by atoms with van der Waals surface area (Å²) in [5.74, 6) is -0.234. The lowest BCUT2D eigenvalue weighted by molar-refractivity contribution is -0.136. The van der Waals surface area contributed by atoms with E-state index in [0.717, 1.165) is 38.4 Å². The average molecular weight is 289 g/mol. The molecule has 1 aliphatic heterocycles. The number of rotatable bonds is 4. The lowest BCUT2D eigenvalue weighted by atomic mass is 10.2. The van der Waals surface area contributed by atoms with Crippen LogP contribution in [0, 0.1) is 0 Å². The number of nitrogens with zero attached hydrogens (tertiary/aromatic N) is 3. The molecule has 1 heterocycles. The van der Waals surface area contributed by atoms with E-state index in [1.807, 2.05) is 30.3 Å². The highest BCUT2D eigenvalue weighted by atomic mass is 16.2. The summed E-state index contributed by atoms with van der Waals surface area (Å²) in [5, 5.41) is 0. The number of piperazine rings is 1. The molecule has 0 atom stereocenters. The van der Waals surface area contributed by atoms with Crippen molar-refractivity contribution in [3.63, 3.8) is 0 Å². The summed E-state index contributed by atoms with van der Waals surface area (Å²) in [5.41, 5.74) is 0.811. The normalized spacial score (nSPS) is 15.8. The van der Waals surface area contributed by atoms with Crippen LogP contribution in [0.15, 0.2) is 30.3 Å². The summed E-state index contributed by atoms with van der Waals surface area (Å²) in [7, 11) is 1.71. The van der Waals surface area contributed by atoms with Crippen molar-refractivity contribution in [2.75, 3.05) is 44.7 Å². The molecule has 0 aliphatic carbocycles. The molecular formula is C16H23N3O2. The van der Waals surface area contributed by atoms with Crippen molar-refractivity contribution in [2.24, 2.45) is 0 Å². The average Bonchev–Trinajstić information content (AvgIpc) is 2.55. The van der Waals surface area contributed by atoms with E-state index in [-0.39, 0.29) is 18.2 Å². The summed E-state index contributed by atoms with van der Waals surface area (Å²) in [6.07, 6.45) is -0.0580. The SMILES string of the molecule is CCN1CCN(C(=O)CC(=O)N(C)c2ccccc2)CC1. The molecule has 2 amide bonds. The monoisotopic (exact) mass is 289 g/mol. The zero-order valence-corrected chi connectivity index (χ0v) is 12.8. The van der Waals surface area contributed by atoms with Gasteiger partial charge in [0.2, 0.25) is 11.8 Å². The van der Waals surface area contributed by atoms with Crippen LogP contribution < -0.4 is 4.90 Å². The van der Waals surface area contributed by atoms with Gasteiger partial charge in [0.25, 0.3) is 0 Å². The Balaban J connectivity index is 1.86. The van der Waals surface area contributed by atoms with E-state index in [4.69, 9.17) is 0 Å². The summed E-state index contributed by atoms with van der Waals surface area (Å²) >= 11 is 0. The fourth-order valence-corrected chi connectivity index (χ4v) is 2.47. The molecule has 1 fully saturated rings. The Morgan fingerprint density at radius 3 is 2.29 bits per heavy atom. The van der Waals surface area contributed by atoms with E-state index in [1.54, 1.807) is 16.8 Å². The van der Waals surface area contributed by atoms with Crippen LogP contribution in [-0.4, -0.2) is 61.4 Å². The second kappa shape index (κ2) is 7.22. The summed E-state index contributed by atoms with van der Waals surface area (Å²) in [6, 6.07) is 9.39. The van der Waals surface area contributed by atoms with Gasteiger partial charge in [-0.05, 0) is 18.7 Å². The second-order valence-corrected chi connectivity index (χ2v) is 5.28. The largest absolute Gasteiger partial charge is 0.340 e. The van der Waals surface area contributed by atoms with Crippen LogP contribution >= 0.6 is 0 Å². The number of carbonyl (C=O) groups excluding carboxylic acids is 2. The van der Waals surface area contributed by atoms with Crippen molar-refractivity contribution in [3.8, 4) is 0 Å². The molecule has 0 bridgehead atoms. The fraction of sp³-hybridized carbons (Fsp3) is 0.500. The molecule has 5 nitrogen and oxygen atoms in total. The maximum atomic E-state index is 12.2. The Labute approximate surface area is 126 Å². The standard InChI is InChI=1S/C16H23N3O2/c1-3-18-9-11-19(12-10-18)16(21)13-15(20)17(2)14-7-5-4-6-8-14/h4-8H,3,9-13H2,1-2H3. The molecule has 0 aromatic heterocycles. The first kappa shape index (κ1) is 15.5. The van der Waals surface area contributed by atoms with Crippen molar-refractivity contribution in [1.82, 2.24) is 9.80 Å². The Kier molecular flexibility index (Phi) is 5.33. The van der Waals surface area contributed by atoms with E-state index < -0.39 is 0 Å². The number of amides is 2. The smallest absolute Gasteiger partial charge is 0.236 e. The van der Waals surface area contributed by atoms with E-state index in [2.05, 4.69) is 11.8 Å². The topological polar surface area (TPSA) is 43.9 Å². The van der Waals surface area contributed by atoms with Gasteiger partial charge in [-0.15, -0.1) is 0 Å².